The first-order valence-electron chi connectivity index (χ1n) is 12.2. The van der Waals surface area contributed by atoms with Crippen molar-refractivity contribution in [2.24, 2.45) is 5.10 Å². The molecular formula is C27H32ClN3O5. The van der Waals surface area contributed by atoms with Gasteiger partial charge in [0.25, 0.3) is 5.91 Å². The third kappa shape index (κ3) is 5.50. The van der Waals surface area contributed by atoms with Gasteiger partial charge in [-0.05, 0) is 50.6 Å². The van der Waals surface area contributed by atoms with E-state index in [9.17, 15) is 9.59 Å². The second-order valence-electron chi connectivity index (χ2n) is 8.83. The zero-order valence-corrected chi connectivity index (χ0v) is 21.7. The van der Waals surface area contributed by atoms with E-state index in [0.717, 1.165) is 24.0 Å². The molecule has 0 aromatic heterocycles. The van der Waals surface area contributed by atoms with Gasteiger partial charge in [-0.3, -0.25) is 14.5 Å². The Labute approximate surface area is 216 Å². The Morgan fingerprint density at radius 1 is 1.11 bits per heavy atom. The van der Waals surface area contributed by atoms with Gasteiger partial charge in [0.2, 0.25) is 0 Å². The molecule has 0 radical (unpaired) electrons. The summed E-state index contributed by atoms with van der Waals surface area (Å²) in [4.78, 5) is 28.2. The number of amides is 1. The SMILES string of the molecule is CCOC(=O)C1CCCCN1CC(=O)N1N=C(c2ccccc2Cl)CC1c1cc(OC)ccc1OC. The Morgan fingerprint density at radius 2 is 1.92 bits per heavy atom. The van der Waals surface area contributed by atoms with Crippen molar-refractivity contribution in [3.63, 3.8) is 0 Å². The zero-order valence-electron chi connectivity index (χ0n) is 20.9. The van der Waals surface area contributed by atoms with Gasteiger partial charge in [0.05, 0.1) is 39.1 Å². The van der Waals surface area contributed by atoms with Crippen LogP contribution in [0.4, 0.5) is 0 Å². The Balaban J connectivity index is 1.68. The molecule has 2 atom stereocenters. The Hall–Kier alpha value is -3.10. The minimum atomic E-state index is -0.429. The summed E-state index contributed by atoms with van der Waals surface area (Å²) >= 11 is 6.48. The van der Waals surface area contributed by atoms with Crippen LogP contribution in [-0.2, 0) is 14.3 Å². The van der Waals surface area contributed by atoms with Crippen molar-refractivity contribution in [1.29, 1.82) is 0 Å². The summed E-state index contributed by atoms with van der Waals surface area (Å²) in [6.45, 7) is 2.81. The molecule has 2 unspecified atom stereocenters. The minimum Gasteiger partial charge on any atom is -0.497 e. The number of benzene rings is 2. The number of rotatable bonds is 8. The molecule has 2 aliphatic heterocycles. The highest BCUT2D eigenvalue weighted by atomic mass is 35.5. The van der Waals surface area contributed by atoms with E-state index >= 15 is 0 Å². The molecule has 0 bridgehead atoms. The van der Waals surface area contributed by atoms with E-state index in [1.165, 1.54) is 5.01 Å². The molecule has 8 nitrogen and oxygen atoms in total. The number of carbonyl (C=O) groups excluding carboxylic acids is 2. The number of methoxy groups -OCH3 is 2. The van der Waals surface area contributed by atoms with Crippen molar-refractivity contribution in [1.82, 2.24) is 9.91 Å². The maximum absolute atomic E-state index is 13.8. The molecule has 2 aliphatic rings. The van der Waals surface area contributed by atoms with E-state index in [1.807, 2.05) is 47.4 Å². The molecule has 4 rings (SSSR count). The van der Waals surface area contributed by atoms with E-state index in [4.69, 9.17) is 30.9 Å². The number of hydrogen-bond donors (Lipinski definition) is 0. The summed E-state index contributed by atoms with van der Waals surface area (Å²) in [5.74, 6) is 0.806. The molecular weight excluding hydrogens is 482 g/mol. The van der Waals surface area contributed by atoms with Crippen molar-refractivity contribution in [2.45, 2.75) is 44.7 Å². The number of nitrogens with zero attached hydrogens (tertiary/aromatic N) is 3. The number of piperidine rings is 1. The molecule has 9 heteroatoms. The second kappa shape index (κ2) is 11.8. The van der Waals surface area contributed by atoms with Crippen LogP contribution in [0.5, 0.6) is 11.5 Å². The number of esters is 1. The summed E-state index contributed by atoms with van der Waals surface area (Å²) in [5.41, 5.74) is 2.28. The number of ether oxygens (including phenoxy) is 3. The van der Waals surface area contributed by atoms with Crippen LogP contribution in [0.25, 0.3) is 0 Å². The molecule has 0 spiro atoms. The predicted octanol–water partition coefficient (Wildman–Crippen LogP) is 4.45. The van der Waals surface area contributed by atoms with Gasteiger partial charge < -0.3 is 14.2 Å². The predicted molar refractivity (Wildman–Crippen MR) is 138 cm³/mol. The fraction of sp³-hybridized carbons (Fsp3) is 0.444. The van der Waals surface area contributed by atoms with Crippen LogP contribution in [0, 0.1) is 0 Å². The maximum Gasteiger partial charge on any atom is 0.323 e. The van der Waals surface area contributed by atoms with Crippen molar-refractivity contribution in [3.05, 3.63) is 58.6 Å². The number of likely N-dealkylation sites (tertiary alicyclic amines) is 1. The lowest BCUT2D eigenvalue weighted by atomic mass is 9.97. The fourth-order valence-corrected chi connectivity index (χ4v) is 5.12. The van der Waals surface area contributed by atoms with Gasteiger partial charge in [0.15, 0.2) is 0 Å². The summed E-state index contributed by atoms with van der Waals surface area (Å²) < 4.78 is 16.4. The highest BCUT2D eigenvalue weighted by molar-refractivity contribution is 6.34. The quantitative estimate of drug-likeness (QED) is 0.485. The smallest absolute Gasteiger partial charge is 0.323 e. The maximum atomic E-state index is 13.8. The Kier molecular flexibility index (Phi) is 8.48. The van der Waals surface area contributed by atoms with Gasteiger partial charge in [-0.15, -0.1) is 0 Å². The van der Waals surface area contributed by atoms with Crippen LogP contribution >= 0.6 is 11.6 Å². The summed E-state index contributed by atoms with van der Waals surface area (Å²) in [6.07, 6.45) is 2.98. The summed E-state index contributed by atoms with van der Waals surface area (Å²) in [5, 5.41) is 6.83. The van der Waals surface area contributed by atoms with Gasteiger partial charge in [-0.2, -0.15) is 5.10 Å². The fourth-order valence-electron chi connectivity index (χ4n) is 4.87. The Bertz CT molecular complexity index is 1140. The first kappa shape index (κ1) is 26.0. The molecule has 1 amide bonds. The first-order valence-corrected chi connectivity index (χ1v) is 12.6. The van der Waals surface area contributed by atoms with Crippen LogP contribution in [0.15, 0.2) is 47.6 Å². The van der Waals surface area contributed by atoms with Crippen LogP contribution in [-0.4, -0.2) is 67.5 Å². The van der Waals surface area contributed by atoms with E-state index in [-0.39, 0.29) is 18.4 Å². The van der Waals surface area contributed by atoms with Crippen LogP contribution in [0.3, 0.4) is 0 Å². The van der Waals surface area contributed by atoms with Gasteiger partial charge in [-0.1, -0.05) is 36.2 Å². The topological polar surface area (TPSA) is 80.7 Å². The highest BCUT2D eigenvalue weighted by Gasteiger charge is 2.38. The lowest BCUT2D eigenvalue weighted by Gasteiger charge is -2.34. The molecule has 2 aromatic rings. The second-order valence-corrected chi connectivity index (χ2v) is 9.23. The van der Waals surface area contributed by atoms with Gasteiger partial charge in [0, 0.05) is 22.6 Å². The highest BCUT2D eigenvalue weighted by Crippen LogP contribution is 2.40. The van der Waals surface area contributed by atoms with Crippen molar-refractivity contribution < 1.29 is 23.8 Å². The Morgan fingerprint density at radius 3 is 2.64 bits per heavy atom. The van der Waals surface area contributed by atoms with Crippen molar-refractivity contribution >= 4 is 29.2 Å². The average molecular weight is 514 g/mol. The van der Waals surface area contributed by atoms with Crippen LogP contribution in [0.1, 0.15) is 49.8 Å². The zero-order chi connectivity index (χ0) is 25.7. The standard InChI is InChI=1S/C27H32ClN3O5/c1-4-36-27(33)23-11-7-8-14-30(23)17-26(32)31-24(20-15-18(34-2)12-13-25(20)35-3)16-22(29-31)19-9-5-6-10-21(19)28/h5-6,9-10,12-13,15,23-24H,4,7-8,11,14,16-17H2,1-3H3. The van der Waals surface area contributed by atoms with E-state index < -0.39 is 12.1 Å². The number of hydrazone groups is 1. The normalized spacial score (nSPS) is 20.1. The van der Waals surface area contributed by atoms with Crippen molar-refractivity contribution in [2.75, 3.05) is 33.9 Å². The lowest BCUT2D eigenvalue weighted by Crippen LogP contribution is -2.49. The molecule has 2 aromatic carbocycles. The molecule has 36 heavy (non-hydrogen) atoms. The van der Waals surface area contributed by atoms with Gasteiger partial charge in [-0.25, -0.2) is 5.01 Å². The van der Waals surface area contributed by atoms with E-state index in [1.54, 1.807) is 21.1 Å². The van der Waals surface area contributed by atoms with E-state index in [2.05, 4.69) is 0 Å². The van der Waals surface area contributed by atoms with Crippen molar-refractivity contribution in [3.8, 4) is 11.5 Å². The number of carbonyl (C=O) groups is 2. The minimum absolute atomic E-state index is 0.0611. The number of hydrogen-bond acceptors (Lipinski definition) is 7. The molecule has 2 heterocycles. The van der Waals surface area contributed by atoms with E-state index in [0.29, 0.717) is 48.2 Å². The molecule has 0 N–H and O–H groups in total. The first-order chi connectivity index (χ1) is 17.5. The third-order valence-corrected chi connectivity index (χ3v) is 6.99. The monoisotopic (exact) mass is 513 g/mol. The van der Waals surface area contributed by atoms with Crippen LogP contribution < -0.4 is 9.47 Å². The molecule has 192 valence electrons. The molecule has 0 saturated carbocycles. The number of halogens is 1. The average Bonchev–Trinajstić information content (AvgIpc) is 3.34. The van der Waals surface area contributed by atoms with Crippen LogP contribution in [0.2, 0.25) is 5.02 Å². The summed E-state index contributed by atoms with van der Waals surface area (Å²) in [6, 6.07) is 12.1. The lowest BCUT2D eigenvalue weighted by molar-refractivity contribution is -0.152. The summed E-state index contributed by atoms with van der Waals surface area (Å²) in [7, 11) is 3.20. The third-order valence-electron chi connectivity index (χ3n) is 6.66. The molecule has 1 fully saturated rings. The molecule has 1 saturated heterocycles. The molecule has 0 aliphatic carbocycles. The van der Waals surface area contributed by atoms with Gasteiger partial charge >= 0.3 is 5.97 Å². The van der Waals surface area contributed by atoms with Gasteiger partial charge in [0.1, 0.15) is 17.5 Å². The largest absolute Gasteiger partial charge is 0.497 e.